The molecule has 5 nitrogen and oxygen atoms in total. The Kier molecular flexibility index (Phi) is 11.6. The van der Waals surface area contributed by atoms with Crippen LogP contribution in [-0.4, -0.2) is 19.3 Å². The molecule has 262 valence electrons. The normalized spacial score (nSPS) is 11.4. The van der Waals surface area contributed by atoms with E-state index in [1.165, 1.54) is 42.2 Å². The van der Waals surface area contributed by atoms with Gasteiger partial charge < -0.3 is 9.30 Å². The summed E-state index contributed by atoms with van der Waals surface area (Å²) >= 11 is 0. The summed E-state index contributed by atoms with van der Waals surface area (Å²) in [7, 11) is 0. The molecular weight excluding hydrogens is 808 g/mol. The molecule has 3 heterocycles. The summed E-state index contributed by atoms with van der Waals surface area (Å²) in [5.74, 6) is 2.79. The summed E-state index contributed by atoms with van der Waals surface area (Å²) < 4.78 is 10.7. The predicted molar refractivity (Wildman–Crippen MR) is 206 cm³/mol. The van der Waals surface area contributed by atoms with Crippen LogP contribution in [0.5, 0.6) is 11.5 Å². The maximum absolute atomic E-state index is 6.50. The number of unbranched alkanes of at least 4 members (excludes halogenated alkanes) is 3. The molecule has 6 heteroatoms. The summed E-state index contributed by atoms with van der Waals surface area (Å²) in [6.45, 7) is 11.0. The van der Waals surface area contributed by atoms with E-state index in [1.807, 2.05) is 41.2 Å². The van der Waals surface area contributed by atoms with Gasteiger partial charge in [0.2, 0.25) is 0 Å². The fourth-order valence-corrected chi connectivity index (χ4v) is 7.01. The smallest absolute Gasteiger partial charge is 0.509 e. The first-order chi connectivity index (χ1) is 24.4. The van der Waals surface area contributed by atoms with Gasteiger partial charge in [0.15, 0.2) is 0 Å². The van der Waals surface area contributed by atoms with Crippen molar-refractivity contribution in [1.29, 1.82) is 0 Å². The Morgan fingerprint density at radius 2 is 1.57 bits per heavy atom. The second kappa shape index (κ2) is 16.3. The van der Waals surface area contributed by atoms with Crippen molar-refractivity contribution in [2.45, 2.75) is 79.6 Å². The fraction of sp³-hybridized carbons (Fsp3) is 0.289. The molecule has 0 aliphatic carbocycles. The maximum Gasteiger partial charge on any atom is 2.00 e. The van der Waals surface area contributed by atoms with E-state index < -0.39 is 0 Å². The molecule has 0 amide bonds. The molecule has 7 rings (SSSR count). The van der Waals surface area contributed by atoms with E-state index >= 15 is 0 Å². The largest absolute Gasteiger partial charge is 2.00 e. The SMILES string of the molecule is CCCCCCc1ccc2c(c1)c1ccc(Oc3[c-]c(-n4nc(C)c(-c5ccccc5)c4C)ccc3)[c-]c1n2-c1cc(CCC(C)C)ccn1.[Pt+2]. The van der Waals surface area contributed by atoms with Crippen LogP contribution in [0.4, 0.5) is 0 Å². The molecule has 0 fully saturated rings. The van der Waals surface area contributed by atoms with Crippen molar-refractivity contribution in [3.05, 3.63) is 132 Å². The Hall–Kier alpha value is -4.47. The first-order valence-corrected chi connectivity index (χ1v) is 18.2. The molecule has 51 heavy (non-hydrogen) atoms. The Morgan fingerprint density at radius 1 is 0.765 bits per heavy atom. The fourth-order valence-electron chi connectivity index (χ4n) is 7.01. The third-order valence-electron chi connectivity index (χ3n) is 9.64. The Labute approximate surface area is 317 Å². The summed E-state index contributed by atoms with van der Waals surface area (Å²) in [5, 5.41) is 7.26. The molecule has 0 atom stereocenters. The monoisotopic (exact) mass is 853 g/mol. The van der Waals surface area contributed by atoms with E-state index in [-0.39, 0.29) is 21.1 Å². The molecule has 0 bridgehead atoms. The number of nitrogens with zero attached hydrogens (tertiary/aromatic N) is 4. The molecule has 0 aliphatic rings. The average Bonchev–Trinajstić information content (AvgIpc) is 3.61. The molecule has 4 aromatic carbocycles. The summed E-state index contributed by atoms with van der Waals surface area (Å²) in [5.41, 5.74) is 9.92. The van der Waals surface area contributed by atoms with Crippen LogP contribution in [0.3, 0.4) is 0 Å². The molecule has 0 aliphatic heterocycles. The number of hydrogen-bond acceptors (Lipinski definition) is 3. The van der Waals surface area contributed by atoms with Crippen LogP contribution in [0.2, 0.25) is 0 Å². The Morgan fingerprint density at radius 3 is 2.37 bits per heavy atom. The van der Waals surface area contributed by atoms with Gasteiger partial charge in [0, 0.05) is 34.5 Å². The van der Waals surface area contributed by atoms with Gasteiger partial charge in [0.05, 0.1) is 5.69 Å². The van der Waals surface area contributed by atoms with Gasteiger partial charge in [0.25, 0.3) is 0 Å². The molecule has 0 saturated heterocycles. The minimum atomic E-state index is 0. The van der Waals surface area contributed by atoms with Gasteiger partial charge in [-0.25, -0.2) is 4.98 Å². The third kappa shape index (κ3) is 7.90. The molecule has 0 unspecified atom stereocenters. The van der Waals surface area contributed by atoms with E-state index in [0.717, 1.165) is 69.7 Å². The topological polar surface area (TPSA) is 44.9 Å². The molecule has 0 N–H and O–H groups in total. The van der Waals surface area contributed by atoms with Crippen LogP contribution >= 0.6 is 0 Å². The van der Waals surface area contributed by atoms with Crippen molar-refractivity contribution in [2.75, 3.05) is 0 Å². The van der Waals surface area contributed by atoms with Crippen molar-refractivity contribution in [1.82, 2.24) is 19.3 Å². The van der Waals surface area contributed by atoms with Crippen LogP contribution in [0, 0.1) is 31.9 Å². The van der Waals surface area contributed by atoms with Crippen molar-refractivity contribution >= 4 is 21.8 Å². The van der Waals surface area contributed by atoms with Gasteiger partial charge in [-0.1, -0.05) is 88.0 Å². The van der Waals surface area contributed by atoms with Gasteiger partial charge in [-0.3, -0.25) is 4.68 Å². The molecular formula is C45H46N4OPt. The first-order valence-electron chi connectivity index (χ1n) is 18.2. The molecule has 3 aromatic heterocycles. The van der Waals surface area contributed by atoms with E-state index in [0.29, 0.717) is 17.4 Å². The third-order valence-corrected chi connectivity index (χ3v) is 9.64. The number of ether oxygens (including phenoxy) is 1. The van der Waals surface area contributed by atoms with Crippen LogP contribution in [0.25, 0.3) is 44.4 Å². The van der Waals surface area contributed by atoms with Crippen LogP contribution < -0.4 is 4.74 Å². The van der Waals surface area contributed by atoms with E-state index in [9.17, 15) is 0 Å². The van der Waals surface area contributed by atoms with Gasteiger partial charge in [-0.05, 0) is 91.4 Å². The average molecular weight is 854 g/mol. The molecule has 0 spiro atoms. The van der Waals surface area contributed by atoms with Crippen LogP contribution in [-0.2, 0) is 33.9 Å². The zero-order valence-corrected chi connectivity index (χ0v) is 32.6. The number of hydrogen-bond donors (Lipinski definition) is 0. The number of fused-ring (bicyclic) bond motifs is 3. The number of pyridine rings is 1. The zero-order valence-electron chi connectivity index (χ0n) is 30.3. The number of aromatic nitrogens is 4. The van der Waals surface area contributed by atoms with Crippen LogP contribution in [0.1, 0.15) is 75.4 Å². The minimum absolute atomic E-state index is 0. The van der Waals surface area contributed by atoms with E-state index in [2.05, 4.69) is 112 Å². The van der Waals surface area contributed by atoms with Crippen molar-refractivity contribution in [2.24, 2.45) is 5.92 Å². The molecule has 7 aromatic rings. The second-order valence-electron chi connectivity index (χ2n) is 13.9. The number of rotatable bonds is 13. The standard InChI is InChI=1S/C45H46N4O.Pt/c1-6-7-8-10-14-34-21-24-42-41(27-34)40-23-22-39(30-43(40)48(42)44-28-35(25-26-46-44)20-19-31(2)3)50-38-18-13-17-37(29-38)49-33(5)45(32(4)47-49)36-15-11-9-12-16-36;/h9,11-13,15-18,21-28,31H,6-8,10,14,19-20H2,1-5H3;/q-2;+2. The Bertz CT molecular complexity index is 2250. The van der Waals surface area contributed by atoms with Gasteiger partial charge in [-0.15, -0.1) is 35.7 Å². The van der Waals surface area contributed by atoms with Crippen molar-refractivity contribution < 1.29 is 25.8 Å². The second-order valence-corrected chi connectivity index (χ2v) is 13.9. The summed E-state index contributed by atoms with van der Waals surface area (Å²) in [6, 6.07) is 38.9. The van der Waals surface area contributed by atoms with Gasteiger partial charge in [-0.2, -0.15) is 17.2 Å². The maximum atomic E-state index is 6.50. The quantitative estimate of drug-likeness (QED) is 0.0857. The van der Waals surface area contributed by atoms with Crippen molar-refractivity contribution in [3.63, 3.8) is 0 Å². The predicted octanol–water partition coefficient (Wildman–Crippen LogP) is 11.7. The van der Waals surface area contributed by atoms with E-state index in [4.69, 9.17) is 14.8 Å². The zero-order chi connectivity index (χ0) is 34.6. The van der Waals surface area contributed by atoms with Gasteiger partial charge in [0.1, 0.15) is 5.82 Å². The number of benzene rings is 4. The Balaban J connectivity index is 0.00000448. The first kappa shape index (κ1) is 36.3. The number of aryl methyl sites for hydroxylation is 3. The van der Waals surface area contributed by atoms with Gasteiger partial charge >= 0.3 is 21.1 Å². The molecule has 0 saturated carbocycles. The molecule has 0 radical (unpaired) electrons. The van der Waals surface area contributed by atoms with Crippen LogP contribution in [0.15, 0.2) is 97.2 Å². The van der Waals surface area contributed by atoms with Crippen molar-refractivity contribution in [3.8, 4) is 34.1 Å². The summed E-state index contributed by atoms with van der Waals surface area (Å²) in [6.07, 6.45) is 10.2. The van der Waals surface area contributed by atoms with E-state index in [1.54, 1.807) is 0 Å². The summed E-state index contributed by atoms with van der Waals surface area (Å²) in [4.78, 5) is 4.89. The minimum Gasteiger partial charge on any atom is -0.509 e.